The first-order valence-electron chi connectivity index (χ1n) is 12.1. The highest BCUT2D eigenvalue weighted by Gasteiger charge is 2.31. The molecule has 1 atom stereocenters. The van der Waals surface area contributed by atoms with Crippen LogP contribution in [0.25, 0.3) is 11.3 Å². The van der Waals surface area contributed by atoms with Crippen molar-refractivity contribution in [3.05, 3.63) is 78.1 Å². The van der Waals surface area contributed by atoms with Gasteiger partial charge in [0.05, 0.1) is 36.7 Å². The summed E-state index contributed by atoms with van der Waals surface area (Å²) < 4.78 is 85.6. The van der Waals surface area contributed by atoms with Gasteiger partial charge in [-0.15, -0.1) is 0 Å². The lowest BCUT2D eigenvalue weighted by atomic mass is 10.2. The molecule has 210 valence electrons. The fourth-order valence-corrected chi connectivity index (χ4v) is 5.29. The van der Waals surface area contributed by atoms with Crippen LogP contribution in [0.4, 0.5) is 13.2 Å². The SMILES string of the molecule is COc1ccc(CN(C)S(=O)(=O)c2cnc(Oc3ccc(C(F)(F)F)cc3)c(-c3cn4c(n3)OC(C)C4)c2)cc1. The van der Waals surface area contributed by atoms with Crippen LogP contribution in [-0.2, 0) is 29.3 Å². The lowest BCUT2D eigenvalue weighted by Gasteiger charge is -2.18. The predicted molar refractivity (Wildman–Crippen MR) is 139 cm³/mol. The van der Waals surface area contributed by atoms with Crippen LogP contribution in [0.15, 0.2) is 71.9 Å². The van der Waals surface area contributed by atoms with Crippen molar-refractivity contribution in [1.29, 1.82) is 0 Å². The fraction of sp³-hybridized carbons (Fsp3) is 0.259. The Labute approximate surface area is 228 Å². The van der Waals surface area contributed by atoms with E-state index in [1.807, 2.05) is 6.92 Å². The molecule has 2 aromatic heterocycles. The topological polar surface area (TPSA) is 95.8 Å². The second-order valence-electron chi connectivity index (χ2n) is 9.25. The number of hydrogen-bond donors (Lipinski definition) is 0. The number of methoxy groups -OCH3 is 1. The summed E-state index contributed by atoms with van der Waals surface area (Å²) in [7, 11) is -1.01. The largest absolute Gasteiger partial charge is 0.497 e. The van der Waals surface area contributed by atoms with E-state index in [1.54, 1.807) is 42.1 Å². The Morgan fingerprint density at radius 3 is 2.40 bits per heavy atom. The van der Waals surface area contributed by atoms with E-state index >= 15 is 0 Å². The number of pyridine rings is 1. The number of hydrogen-bond acceptors (Lipinski definition) is 7. The number of imidazole rings is 1. The Kier molecular flexibility index (Phi) is 7.19. The van der Waals surface area contributed by atoms with Crippen molar-refractivity contribution in [2.45, 2.75) is 37.2 Å². The van der Waals surface area contributed by atoms with Gasteiger partial charge >= 0.3 is 6.18 Å². The number of rotatable bonds is 8. The number of aromatic nitrogens is 3. The third-order valence-corrected chi connectivity index (χ3v) is 8.04. The van der Waals surface area contributed by atoms with Gasteiger partial charge in [0.25, 0.3) is 6.01 Å². The van der Waals surface area contributed by atoms with Gasteiger partial charge in [-0.25, -0.2) is 13.4 Å². The number of fused-ring (bicyclic) bond motifs is 1. The third kappa shape index (κ3) is 5.61. The lowest BCUT2D eigenvalue weighted by Crippen LogP contribution is -2.26. The molecule has 0 fully saturated rings. The monoisotopic (exact) mass is 574 g/mol. The molecule has 9 nitrogen and oxygen atoms in total. The van der Waals surface area contributed by atoms with E-state index in [9.17, 15) is 21.6 Å². The molecule has 0 aliphatic carbocycles. The van der Waals surface area contributed by atoms with E-state index in [-0.39, 0.29) is 34.7 Å². The normalized spacial score (nSPS) is 15.1. The van der Waals surface area contributed by atoms with Gasteiger partial charge in [0.2, 0.25) is 15.9 Å². The molecule has 0 bridgehead atoms. The first kappa shape index (κ1) is 27.5. The number of ether oxygens (including phenoxy) is 3. The first-order valence-corrected chi connectivity index (χ1v) is 13.6. The predicted octanol–water partition coefficient (Wildman–Crippen LogP) is 5.37. The third-order valence-electron chi connectivity index (χ3n) is 6.27. The Balaban J connectivity index is 1.48. The highest BCUT2D eigenvalue weighted by Crippen LogP contribution is 2.37. The molecule has 3 heterocycles. The Morgan fingerprint density at radius 2 is 1.77 bits per heavy atom. The van der Waals surface area contributed by atoms with Crippen LogP contribution in [0, 0.1) is 0 Å². The van der Waals surface area contributed by atoms with Crippen molar-refractivity contribution in [3.63, 3.8) is 0 Å². The Hall–Kier alpha value is -4.10. The maximum Gasteiger partial charge on any atom is 0.416 e. The highest BCUT2D eigenvalue weighted by atomic mass is 32.2. The number of sulfonamides is 1. The van der Waals surface area contributed by atoms with E-state index in [1.165, 1.54) is 29.6 Å². The molecule has 0 N–H and O–H groups in total. The number of benzene rings is 2. The summed E-state index contributed by atoms with van der Waals surface area (Å²) in [6.45, 7) is 2.53. The summed E-state index contributed by atoms with van der Waals surface area (Å²) in [6.07, 6.45) is -1.74. The minimum atomic E-state index is -4.50. The molecule has 5 rings (SSSR count). The van der Waals surface area contributed by atoms with Crippen LogP contribution < -0.4 is 14.2 Å². The van der Waals surface area contributed by atoms with Gasteiger partial charge < -0.3 is 14.2 Å². The maximum absolute atomic E-state index is 13.5. The molecule has 13 heteroatoms. The van der Waals surface area contributed by atoms with Gasteiger partial charge in [-0.05, 0) is 55.0 Å². The summed E-state index contributed by atoms with van der Waals surface area (Å²) in [5.74, 6) is 0.712. The van der Waals surface area contributed by atoms with Gasteiger partial charge in [0, 0.05) is 19.8 Å². The molecule has 0 spiro atoms. The van der Waals surface area contributed by atoms with Crippen LogP contribution in [0.3, 0.4) is 0 Å². The minimum absolute atomic E-state index is 0.0265. The second kappa shape index (κ2) is 10.5. The average molecular weight is 575 g/mol. The molecule has 1 aliphatic rings. The zero-order valence-electron chi connectivity index (χ0n) is 21.7. The van der Waals surface area contributed by atoms with E-state index in [0.29, 0.717) is 24.0 Å². The molecule has 0 amide bonds. The van der Waals surface area contributed by atoms with Crippen LogP contribution in [0.2, 0.25) is 0 Å². The summed E-state index contributed by atoms with van der Waals surface area (Å²) in [5, 5.41) is 0. The van der Waals surface area contributed by atoms with Crippen molar-refractivity contribution in [3.8, 4) is 34.6 Å². The van der Waals surface area contributed by atoms with Crippen molar-refractivity contribution >= 4 is 10.0 Å². The quantitative estimate of drug-likeness (QED) is 0.279. The molecule has 2 aromatic carbocycles. The molecular weight excluding hydrogens is 549 g/mol. The molecule has 0 radical (unpaired) electrons. The molecule has 40 heavy (non-hydrogen) atoms. The summed E-state index contributed by atoms with van der Waals surface area (Å²) >= 11 is 0. The van der Waals surface area contributed by atoms with Crippen LogP contribution in [0.1, 0.15) is 18.1 Å². The Morgan fingerprint density at radius 1 is 1.10 bits per heavy atom. The Bertz CT molecular complexity index is 1600. The zero-order valence-corrected chi connectivity index (χ0v) is 22.5. The molecular formula is C27H25F3N4O5S. The first-order chi connectivity index (χ1) is 18.9. The summed E-state index contributed by atoms with van der Waals surface area (Å²) in [4.78, 5) is 8.59. The number of alkyl halides is 3. The van der Waals surface area contributed by atoms with E-state index in [0.717, 1.165) is 23.9 Å². The van der Waals surface area contributed by atoms with Crippen molar-refractivity contribution in [1.82, 2.24) is 18.8 Å². The van der Waals surface area contributed by atoms with Crippen LogP contribution in [0.5, 0.6) is 23.4 Å². The summed E-state index contributed by atoms with van der Waals surface area (Å²) in [6, 6.07) is 12.9. The van der Waals surface area contributed by atoms with E-state index < -0.39 is 21.8 Å². The zero-order chi connectivity index (χ0) is 28.7. The number of nitrogens with zero attached hydrogens (tertiary/aromatic N) is 4. The number of halogens is 3. The van der Waals surface area contributed by atoms with Crippen molar-refractivity contribution in [2.75, 3.05) is 14.2 Å². The summed E-state index contributed by atoms with van der Waals surface area (Å²) in [5.41, 5.74) is 0.494. The van der Waals surface area contributed by atoms with Crippen LogP contribution >= 0.6 is 0 Å². The lowest BCUT2D eigenvalue weighted by molar-refractivity contribution is -0.137. The smallest absolute Gasteiger partial charge is 0.416 e. The molecule has 4 aromatic rings. The minimum Gasteiger partial charge on any atom is -0.497 e. The standard InChI is InChI=1S/C27H25F3N4O5S/c1-17-14-34-16-24(32-26(34)38-17)23-12-22(40(35,36)33(2)15-18-4-8-20(37-3)9-5-18)13-31-25(23)39-21-10-6-19(7-11-21)27(28,29)30/h4-13,16-17H,14-15H2,1-3H3. The van der Waals surface area contributed by atoms with E-state index in [2.05, 4.69) is 9.97 Å². The van der Waals surface area contributed by atoms with Gasteiger partial charge in [-0.2, -0.15) is 22.5 Å². The van der Waals surface area contributed by atoms with Crippen LogP contribution in [-0.4, -0.2) is 47.5 Å². The molecule has 1 aliphatic heterocycles. The molecule has 0 saturated carbocycles. The molecule has 0 saturated heterocycles. The van der Waals surface area contributed by atoms with Crippen molar-refractivity contribution in [2.24, 2.45) is 0 Å². The van der Waals surface area contributed by atoms with Gasteiger partial charge in [-0.3, -0.25) is 4.57 Å². The second-order valence-corrected chi connectivity index (χ2v) is 11.3. The van der Waals surface area contributed by atoms with Gasteiger partial charge in [-0.1, -0.05) is 12.1 Å². The van der Waals surface area contributed by atoms with Crippen molar-refractivity contribution < 1.29 is 35.8 Å². The maximum atomic E-state index is 13.5. The highest BCUT2D eigenvalue weighted by molar-refractivity contribution is 7.89. The average Bonchev–Trinajstić information content (AvgIpc) is 3.46. The fourth-order valence-electron chi connectivity index (χ4n) is 4.16. The molecule has 1 unspecified atom stereocenters. The van der Waals surface area contributed by atoms with Gasteiger partial charge in [0.15, 0.2) is 0 Å². The van der Waals surface area contributed by atoms with E-state index in [4.69, 9.17) is 14.2 Å². The van der Waals surface area contributed by atoms with Gasteiger partial charge in [0.1, 0.15) is 22.5 Å².